The molecule has 0 radical (unpaired) electrons. The van der Waals surface area contributed by atoms with E-state index in [9.17, 15) is 5.26 Å². The van der Waals surface area contributed by atoms with Crippen LogP contribution >= 0.6 is 0 Å². The van der Waals surface area contributed by atoms with Gasteiger partial charge in [-0.3, -0.25) is 9.97 Å². The lowest BCUT2D eigenvalue weighted by atomic mass is 10.0. The van der Waals surface area contributed by atoms with Gasteiger partial charge in [0.05, 0.1) is 35.1 Å². The summed E-state index contributed by atoms with van der Waals surface area (Å²) in [5.41, 5.74) is 9.84. The van der Waals surface area contributed by atoms with Crippen LogP contribution < -0.4 is 0 Å². The van der Waals surface area contributed by atoms with Gasteiger partial charge >= 0.3 is 0 Å². The van der Waals surface area contributed by atoms with Gasteiger partial charge in [0.2, 0.25) is 0 Å². The third-order valence-corrected chi connectivity index (χ3v) is 7.04. The molecule has 34 heavy (non-hydrogen) atoms. The minimum atomic E-state index is 0.643. The molecule has 0 aliphatic heterocycles. The molecule has 0 amide bonds. The zero-order chi connectivity index (χ0) is 22.6. The lowest BCUT2D eigenvalue weighted by molar-refractivity contribution is 0.875. The number of aromatic nitrogens is 4. The molecule has 5 heteroatoms. The van der Waals surface area contributed by atoms with Crippen LogP contribution in [0, 0.1) is 11.3 Å². The summed E-state index contributed by atoms with van der Waals surface area (Å²) in [7, 11) is 0. The monoisotopic (exact) mass is 439 g/mol. The van der Waals surface area contributed by atoms with E-state index in [0.717, 1.165) is 48.1 Å². The normalized spacial score (nSPS) is 14.3. The van der Waals surface area contributed by atoms with Crippen LogP contribution in [0.25, 0.3) is 45.3 Å². The maximum atomic E-state index is 9.97. The van der Waals surface area contributed by atoms with Crippen LogP contribution in [-0.2, 0) is 12.8 Å². The van der Waals surface area contributed by atoms with Crippen molar-refractivity contribution in [3.63, 3.8) is 0 Å². The quantitative estimate of drug-likeness (QED) is 0.331. The van der Waals surface area contributed by atoms with Crippen molar-refractivity contribution < 1.29 is 0 Å². The van der Waals surface area contributed by atoms with Crippen LogP contribution in [0.4, 0.5) is 0 Å². The first-order valence-corrected chi connectivity index (χ1v) is 11.7. The van der Waals surface area contributed by atoms with Crippen molar-refractivity contribution in [2.24, 2.45) is 0 Å². The molecule has 0 saturated heterocycles. The molecule has 4 aromatic heterocycles. The molecular weight excluding hydrogens is 418 g/mol. The van der Waals surface area contributed by atoms with Gasteiger partial charge in [0.15, 0.2) is 0 Å². The molecule has 1 aromatic carbocycles. The number of fused-ring (bicyclic) bond motifs is 6. The molecule has 7 rings (SSSR count). The fraction of sp³-hybridized carbons (Fsp3) is 0.138. The predicted molar refractivity (Wildman–Crippen MR) is 135 cm³/mol. The number of rotatable bonds is 2. The predicted octanol–water partition coefficient (Wildman–Crippen LogP) is 6.15. The molecule has 0 spiro atoms. The Balaban J connectivity index is 1.55. The van der Waals surface area contributed by atoms with Gasteiger partial charge < -0.3 is 9.13 Å². The molecule has 2 aliphatic carbocycles. The van der Waals surface area contributed by atoms with Gasteiger partial charge in [-0.25, -0.2) is 0 Å². The van der Waals surface area contributed by atoms with Gasteiger partial charge in [-0.05, 0) is 56.0 Å². The van der Waals surface area contributed by atoms with Crippen LogP contribution in [0.3, 0.4) is 0 Å². The Morgan fingerprint density at radius 1 is 0.735 bits per heavy atom. The van der Waals surface area contributed by atoms with Gasteiger partial charge in [0.1, 0.15) is 0 Å². The van der Waals surface area contributed by atoms with Gasteiger partial charge in [0, 0.05) is 57.1 Å². The lowest BCUT2D eigenvalue weighted by Gasteiger charge is -2.17. The summed E-state index contributed by atoms with van der Waals surface area (Å²) in [4.78, 5) is 8.85. The second kappa shape index (κ2) is 7.29. The van der Waals surface area contributed by atoms with Crippen LogP contribution in [0.15, 0.2) is 67.3 Å². The zero-order valence-electron chi connectivity index (χ0n) is 18.6. The largest absolute Gasteiger partial charge is 0.311 e. The van der Waals surface area contributed by atoms with Crippen LogP contribution in [0.5, 0.6) is 0 Å². The second-order valence-corrected chi connectivity index (χ2v) is 8.91. The molecule has 5 nitrogen and oxygen atoms in total. The molecule has 5 aromatic rings. The van der Waals surface area contributed by atoms with E-state index in [4.69, 9.17) is 0 Å². The van der Waals surface area contributed by atoms with E-state index in [1.54, 1.807) is 0 Å². The molecular formula is C29H21N5. The van der Waals surface area contributed by atoms with Crippen LogP contribution in [0.1, 0.15) is 40.9 Å². The van der Waals surface area contributed by atoms with Crippen molar-refractivity contribution in [3.05, 3.63) is 95.3 Å². The molecule has 162 valence electrons. The highest BCUT2D eigenvalue weighted by molar-refractivity contribution is 5.94. The van der Waals surface area contributed by atoms with Crippen LogP contribution in [0.2, 0.25) is 0 Å². The van der Waals surface area contributed by atoms with E-state index in [2.05, 4.69) is 67.7 Å². The minimum absolute atomic E-state index is 0.643. The number of benzene rings is 1. The number of hydrogen-bond donors (Lipinski definition) is 0. The molecule has 2 aliphatic rings. The average molecular weight is 440 g/mol. The fourth-order valence-electron chi connectivity index (χ4n) is 5.64. The summed E-state index contributed by atoms with van der Waals surface area (Å²) in [6.07, 6.45) is 20.4. The van der Waals surface area contributed by atoms with Gasteiger partial charge in [-0.2, -0.15) is 5.26 Å². The Morgan fingerprint density at radius 3 is 1.76 bits per heavy atom. The highest BCUT2D eigenvalue weighted by Crippen LogP contribution is 2.37. The summed E-state index contributed by atoms with van der Waals surface area (Å²) in [5, 5.41) is 12.4. The van der Waals surface area contributed by atoms with Crippen molar-refractivity contribution in [2.75, 3.05) is 0 Å². The fourth-order valence-corrected chi connectivity index (χ4v) is 5.64. The molecule has 0 saturated carbocycles. The highest BCUT2D eigenvalue weighted by Gasteiger charge is 2.22. The molecule has 4 heterocycles. The SMILES string of the molecule is N#Cc1cc(-n2c3c(c4ccncc42)C=CCC3)cc(-n2c3c(c4ccncc42)C=CCC3)c1. The minimum Gasteiger partial charge on any atom is -0.311 e. The highest BCUT2D eigenvalue weighted by atomic mass is 15.0. The first-order valence-electron chi connectivity index (χ1n) is 11.7. The second-order valence-electron chi connectivity index (χ2n) is 8.91. The van der Waals surface area contributed by atoms with E-state index in [-0.39, 0.29) is 0 Å². The topological polar surface area (TPSA) is 59.4 Å². The Labute approximate surface area is 196 Å². The number of allylic oxidation sites excluding steroid dienone is 2. The zero-order valence-corrected chi connectivity index (χ0v) is 18.6. The van der Waals surface area contributed by atoms with Gasteiger partial charge in [-0.15, -0.1) is 0 Å². The number of nitriles is 1. The Kier molecular flexibility index (Phi) is 4.09. The van der Waals surface area contributed by atoms with Crippen LogP contribution in [-0.4, -0.2) is 19.1 Å². The van der Waals surface area contributed by atoms with Crippen molar-refractivity contribution in [1.82, 2.24) is 19.1 Å². The lowest BCUT2D eigenvalue weighted by Crippen LogP contribution is -2.07. The van der Waals surface area contributed by atoms with E-state index in [0.29, 0.717) is 5.56 Å². The average Bonchev–Trinajstić information content (AvgIpc) is 3.42. The smallest absolute Gasteiger partial charge is 0.0993 e. The molecule has 0 N–H and O–H groups in total. The number of nitrogens with zero attached hydrogens (tertiary/aromatic N) is 5. The maximum absolute atomic E-state index is 9.97. The van der Waals surface area contributed by atoms with Crippen molar-refractivity contribution in [2.45, 2.75) is 25.7 Å². The first kappa shape index (κ1) is 19.1. The summed E-state index contributed by atoms with van der Waals surface area (Å²) >= 11 is 0. The summed E-state index contributed by atoms with van der Waals surface area (Å²) in [6, 6.07) is 12.8. The van der Waals surface area contributed by atoms with Gasteiger partial charge in [0.25, 0.3) is 0 Å². The molecule has 0 unspecified atom stereocenters. The molecule has 0 bridgehead atoms. The van der Waals surface area contributed by atoms with Crippen molar-refractivity contribution >= 4 is 34.0 Å². The van der Waals surface area contributed by atoms with E-state index < -0.39 is 0 Å². The van der Waals surface area contributed by atoms with E-state index in [1.807, 2.05) is 36.9 Å². The van der Waals surface area contributed by atoms with E-state index in [1.165, 1.54) is 33.3 Å². The number of hydrogen-bond acceptors (Lipinski definition) is 3. The van der Waals surface area contributed by atoms with Gasteiger partial charge in [-0.1, -0.05) is 24.3 Å². The Bertz CT molecular complexity index is 1600. The Hall–Kier alpha value is -4.43. The Morgan fingerprint density at radius 2 is 1.26 bits per heavy atom. The third-order valence-electron chi connectivity index (χ3n) is 7.04. The molecule has 0 atom stereocenters. The standard InChI is InChI=1S/C29H21N5/c30-16-19-13-20(33-26-7-3-1-5-22(26)24-9-11-31-17-28(24)33)15-21(14-19)34-27-8-4-2-6-23(27)25-10-12-32-18-29(25)34/h1-2,5-6,9-15,17-18H,3-4,7-8H2. The third kappa shape index (κ3) is 2.66. The first-order chi connectivity index (χ1) is 16.8. The summed E-state index contributed by atoms with van der Waals surface area (Å²) < 4.78 is 4.59. The summed E-state index contributed by atoms with van der Waals surface area (Å²) in [6.45, 7) is 0. The number of pyridine rings is 2. The maximum Gasteiger partial charge on any atom is 0.0993 e. The van der Waals surface area contributed by atoms with E-state index >= 15 is 0 Å². The molecule has 0 fully saturated rings. The van der Waals surface area contributed by atoms with Crippen molar-refractivity contribution in [1.29, 1.82) is 5.26 Å². The summed E-state index contributed by atoms with van der Waals surface area (Å²) in [5.74, 6) is 0. The van der Waals surface area contributed by atoms with Crippen molar-refractivity contribution in [3.8, 4) is 17.4 Å².